The van der Waals surface area contributed by atoms with Gasteiger partial charge >= 0.3 is 6.18 Å². The molecule has 0 aliphatic carbocycles. The Morgan fingerprint density at radius 1 is 0.929 bits per heavy atom. The largest absolute Gasteiger partial charge is 0.416 e. The van der Waals surface area contributed by atoms with Crippen LogP contribution in [0.15, 0.2) is 66.9 Å². The Kier molecular flexibility index (Phi) is 5.02. The second-order valence-electron chi connectivity index (χ2n) is 7.46. The molecule has 28 heavy (non-hydrogen) atoms. The van der Waals surface area contributed by atoms with Gasteiger partial charge in [-0.05, 0) is 48.7 Å². The molecule has 0 saturated heterocycles. The molecule has 0 amide bonds. The molecule has 0 bridgehead atoms. The van der Waals surface area contributed by atoms with Crippen molar-refractivity contribution >= 4 is 0 Å². The van der Waals surface area contributed by atoms with Crippen LogP contribution in [-0.4, -0.2) is 16.0 Å². The maximum absolute atomic E-state index is 13.0. The van der Waals surface area contributed by atoms with Gasteiger partial charge in [0.05, 0.1) is 11.6 Å². The molecule has 0 spiro atoms. The fraction of sp³-hybridized carbons (Fsp3) is 0.304. The molecule has 0 fully saturated rings. The van der Waals surface area contributed by atoms with Crippen LogP contribution in [0.1, 0.15) is 40.4 Å². The van der Waals surface area contributed by atoms with E-state index in [1.165, 1.54) is 23.3 Å². The molecule has 1 aromatic heterocycles. The number of fused-ring (bicyclic) bond motifs is 1. The monoisotopic (exact) mass is 384 g/mol. The Morgan fingerprint density at radius 3 is 2.32 bits per heavy atom. The Hall–Kier alpha value is -2.53. The SMILES string of the molecule is Cc1ccc(CN2CCCn3cccc3C2c2ccc(C(F)(F)F)cc2)cc1. The molecular weight excluding hydrogens is 361 g/mol. The van der Waals surface area contributed by atoms with Crippen molar-refractivity contribution in [2.75, 3.05) is 6.54 Å². The minimum atomic E-state index is -4.32. The molecule has 5 heteroatoms. The lowest BCUT2D eigenvalue weighted by molar-refractivity contribution is -0.137. The fourth-order valence-corrected chi connectivity index (χ4v) is 3.97. The lowest BCUT2D eigenvalue weighted by atomic mass is 9.99. The van der Waals surface area contributed by atoms with Gasteiger partial charge in [-0.1, -0.05) is 42.0 Å². The lowest BCUT2D eigenvalue weighted by Gasteiger charge is -2.31. The molecule has 1 aliphatic rings. The van der Waals surface area contributed by atoms with Gasteiger partial charge in [-0.3, -0.25) is 4.90 Å². The third-order valence-corrected chi connectivity index (χ3v) is 5.41. The highest BCUT2D eigenvalue weighted by molar-refractivity contribution is 5.33. The molecule has 146 valence electrons. The molecule has 1 unspecified atom stereocenters. The fourth-order valence-electron chi connectivity index (χ4n) is 3.97. The van der Waals surface area contributed by atoms with Gasteiger partial charge in [0, 0.05) is 31.5 Å². The molecular formula is C23H23F3N2. The van der Waals surface area contributed by atoms with E-state index in [9.17, 15) is 13.2 Å². The number of hydrogen-bond acceptors (Lipinski definition) is 1. The van der Waals surface area contributed by atoms with Gasteiger partial charge in [0.25, 0.3) is 0 Å². The topological polar surface area (TPSA) is 8.17 Å². The van der Waals surface area contributed by atoms with Crippen LogP contribution in [0.4, 0.5) is 13.2 Å². The minimum absolute atomic E-state index is 0.0684. The van der Waals surface area contributed by atoms with Gasteiger partial charge < -0.3 is 4.57 Å². The summed E-state index contributed by atoms with van der Waals surface area (Å²) in [6.45, 7) is 4.63. The van der Waals surface area contributed by atoms with Gasteiger partial charge in [0.1, 0.15) is 0 Å². The predicted octanol–water partition coefficient (Wildman–Crippen LogP) is 5.81. The maximum atomic E-state index is 13.0. The van der Waals surface area contributed by atoms with Crippen molar-refractivity contribution in [2.24, 2.45) is 0 Å². The first kappa shape index (κ1) is 18.8. The number of halogens is 3. The zero-order chi connectivity index (χ0) is 19.7. The van der Waals surface area contributed by atoms with E-state index < -0.39 is 11.7 Å². The van der Waals surface area contributed by atoms with Gasteiger partial charge in [-0.15, -0.1) is 0 Å². The Labute approximate surface area is 163 Å². The second-order valence-corrected chi connectivity index (χ2v) is 7.46. The molecule has 1 atom stereocenters. The van der Waals surface area contributed by atoms with Crippen LogP contribution in [0.2, 0.25) is 0 Å². The van der Waals surface area contributed by atoms with Crippen molar-refractivity contribution in [1.82, 2.24) is 9.47 Å². The zero-order valence-electron chi connectivity index (χ0n) is 15.8. The molecule has 1 aliphatic heterocycles. The molecule has 0 radical (unpaired) electrons. The summed E-state index contributed by atoms with van der Waals surface area (Å²) in [5, 5.41) is 0. The van der Waals surface area contributed by atoms with Crippen molar-refractivity contribution < 1.29 is 13.2 Å². The summed E-state index contributed by atoms with van der Waals surface area (Å²) in [4.78, 5) is 2.37. The van der Waals surface area contributed by atoms with Crippen molar-refractivity contribution in [1.29, 1.82) is 0 Å². The quantitative estimate of drug-likeness (QED) is 0.553. The summed E-state index contributed by atoms with van der Waals surface area (Å²) in [6, 6.07) is 18.1. The van der Waals surface area contributed by atoms with Crippen LogP contribution in [0.5, 0.6) is 0 Å². The van der Waals surface area contributed by atoms with Crippen molar-refractivity contribution in [3.63, 3.8) is 0 Å². The highest BCUT2D eigenvalue weighted by Gasteiger charge is 2.32. The molecule has 0 saturated carbocycles. The highest BCUT2D eigenvalue weighted by Crippen LogP contribution is 2.35. The van der Waals surface area contributed by atoms with Crippen molar-refractivity contribution in [2.45, 2.75) is 38.7 Å². The zero-order valence-corrected chi connectivity index (χ0v) is 15.8. The van der Waals surface area contributed by atoms with Gasteiger partial charge in [-0.25, -0.2) is 0 Å². The first-order chi connectivity index (χ1) is 13.4. The normalized spacial score (nSPS) is 17.9. The number of aromatic nitrogens is 1. The summed E-state index contributed by atoms with van der Waals surface area (Å²) in [5.41, 5.74) is 3.84. The molecule has 0 N–H and O–H groups in total. The minimum Gasteiger partial charge on any atom is -0.350 e. The third kappa shape index (κ3) is 3.85. The average molecular weight is 384 g/mol. The predicted molar refractivity (Wildman–Crippen MR) is 104 cm³/mol. The summed E-state index contributed by atoms with van der Waals surface area (Å²) < 4.78 is 41.2. The lowest BCUT2D eigenvalue weighted by Crippen LogP contribution is -2.29. The number of aryl methyl sites for hydroxylation is 2. The number of alkyl halides is 3. The van der Waals surface area contributed by atoms with E-state index in [0.717, 1.165) is 37.3 Å². The summed E-state index contributed by atoms with van der Waals surface area (Å²) >= 11 is 0. The Morgan fingerprint density at radius 2 is 1.64 bits per heavy atom. The maximum Gasteiger partial charge on any atom is 0.416 e. The van der Waals surface area contributed by atoms with Gasteiger partial charge in [0.15, 0.2) is 0 Å². The van der Waals surface area contributed by atoms with E-state index in [2.05, 4.69) is 52.9 Å². The van der Waals surface area contributed by atoms with Crippen LogP contribution in [0, 0.1) is 6.92 Å². The number of hydrogen-bond donors (Lipinski definition) is 0. The van der Waals surface area contributed by atoms with E-state index in [-0.39, 0.29) is 6.04 Å². The van der Waals surface area contributed by atoms with E-state index in [1.807, 2.05) is 6.07 Å². The standard InChI is InChI=1S/C23H23F3N2/c1-17-5-7-18(8-6-17)16-28-15-3-14-27-13-2-4-21(27)22(28)19-9-11-20(12-10-19)23(24,25)26/h2,4-13,22H,3,14-16H2,1H3. The molecule has 2 aromatic carbocycles. The van der Waals surface area contributed by atoms with Crippen LogP contribution in [-0.2, 0) is 19.3 Å². The van der Waals surface area contributed by atoms with Crippen LogP contribution in [0.3, 0.4) is 0 Å². The van der Waals surface area contributed by atoms with Crippen LogP contribution < -0.4 is 0 Å². The Balaban J connectivity index is 1.71. The smallest absolute Gasteiger partial charge is 0.350 e. The molecule has 4 rings (SSSR count). The van der Waals surface area contributed by atoms with Crippen LogP contribution in [0.25, 0.3) is 0 Å². The third-order valence-electron chi connectivity index (χ3n) is 5.41. The van der Waals surface area contributed by atoms with Gasteiger partial charge in [0.2, 0.25) is 0 Å². The van der Waals surface area contributed by atoms with Crippen LogP contribution >= 0.6 is 0 Å². The van der Waals surface area contributed by atoms with Gasteiger partial charge in [-0.2, -0.15) is 13.2 Å². The highest BCUT2D eigenvalue weighted by atomic mass is 19.4. The van der Waals surface area contributed by atoms with E-state index in [0.29, 0.717) is 0 Å². The van der Waals surface area contributed by atoms with E-state index in [4.69, 9.17) is 0 Å². The number of benzene rings is 2. The summed E-state index contributed by atoms with van der Waals surface area (Å²) in [7, 11) is 0. The molecule has 2 heterocycles. The molecule has 2 nitrogen and oxygen atoms in total. The number of nitrogens with zero attached hydrogens (tertiary/aromatic N) is 2. The average Bonchev–Trinajstić information content (AvgIpc) is 3.05. The Bertz CT molecular complexity index is 924. The first-order valence-corrected chi connectivity index (χ1v) is 9.53. The van der Waals surface area contributed by atoms with Crippen molar-refractivity contribution in [3.05, 3.63) is 94.8 Å². The first-order valence-electron chi connectivity index (χ1n) is 9.53. The van der Waals surface area contributed by atoms with E-state index >= 15 is 0 Å². The molecule has 3 aromatic rings. The number of rotatable bonds is 3. The summed E-state index contributed by atoms with van der Waals surface area (Å²) in [5.74, 6) is 0. The van der Waals surface area contributed by atoms with Crippen molar-refractivity contribution in [3.8, 4) is 0 Å². The second kappa shape index (κ2) is 7.47. The summed E-state index contributed by atoms with van der Waals surface area (Å²) in [6.07, 6.45) is -1.25. The van der Waals surface area contributed by atoms with E-state index in [1.54, 1.807) is 12.1 Å².